The Morgan fingerprint density at radius 1 is 1.06 bits per heavy atom. The molecule has 0 aliphatic carbocycles. The predicted molar refractivity (Wildman–Crippen MR) is 110 cm³/mol. The van der Waals surface area contributed by atoms with E-state index in [0.29, 0.717) is 11.3 Å². The molecule has 10 heteroatoms. The number of nitrogens with one attached hydrogen (secondary N) is 1. The lowest BCUT2D eigenvalue weighted by atomic mass is 9.96. The van der Waals surface area contributed by atoms with E-state index >= 15 is 0 Å². The molecule has 0 saturated carbocycles. The van der Waals surface area contributed by atoms with Crippen LogP contribution in [0.15, 0.2) is 43.0 Å². The third-order valence-corrected chi connectivity index (χ3v) is 5.81. The second kappa shape index (κ2) is 7.36. The quantitative estimate of drug-likeness (QED) is 0.532. The standard InChI is InChI=1S/C21H20F3N7/c1-30-11-17(13-2-4-15(5-3-13)21(22,23)24)28-19(30)14-6-8-31(9-7-14)20-16-10-27-29-18(16)25-12-26-20/h2-5,10-12,14H,6-9H2,1H3,(H,25,26,27,29). The van der Waals surface area contributed by atoms with E-state index in [4.69, 9.17) is 4.98 Å². The molecule has 1 aliphatic heterocycles. The summed E-state index contributed by atoms with van der Waals surface area (Å²) in [7, 11) is 1.93. The van der Waals surface area contributed by atoms with Gasteiger partial charge in [0.2, 0.25) is 0 Å². The van der Waals surface area contributed by atoms with E-state index in [2.05, 4.69) is 25.1 Å². The monoisotopic (exact) mass is 427 g/mol. The maximum absolute atomic E-state index is 12.8. The van der Waals surface area contributed by atoms with Crippen molar-refractivity contribution < 1.29 is 13.2 Å². The van der Waals surface area contributed by atoms with Crippen molar-refractivity contribution in [2.75, 3.05) is 18.0 Å². The molecule has 1 saturated heterocycles. The van der Waals surface area contributed by atoms with E-state index in [9.17, 15) is 13.2 Å². The van der Waals surface area contributed by atoms with E-state index in [0.717, 1.165) is 60.7 Å². The minimum atomic E-state index is -4.34. The van der Waals surface area contributed by atoms with Crippen molar-refractivity contribution in [1.82, 2.24) is 29.7 Å². The van der Waals surface area contributed by atoms with Gasteiger partial charge in [-0.2, -0.15) is 18.3 Å². The number of benzene rings is 1. The number of fused-ring (bicyclic) bond motifs is 1. The van der Waals surface area contributed by atoms with E-state index in [1.807, 2.05) is 17.8 Å². The van der Waals surface area contributed by atoms with Gasteiger partial charge in [-0.05, 0) is 25.0 Å². The predicted octanol–water partition coefficient (Wildman–Crippen LogP) is 4.16. The highest BCUT2D eigenvalue weighted by Gasteiger charge is 2.30. The first kappa shape index (κ1) is 19.5. The van der Waals surface area contributed by atoms with Gasteiger partial charge in [-0.25, -0.2) is 15.0 Å². The van der Waals surface area contributed by atoms with Gasteiger partial charge in [-0.1, -0.05) is 12.1 Å². The van der Waals surface area contributed by atoms with E-state index in [1.54, 1.807) is 6.20 Å². The smallest absolute Gasteiger partial charge is 0.356 e. The van der Waals surface area contributed by atoms with Crippen molar-refractivity contribution in [1.29, 1.82) is 0 Å². The number of piperidine rings is 1. The third kappa shape index (κ3) is 3.62. The highest BCUT2D eigenvalue weighted by molar-refractivity contribution is 5.86. The van der Waals surface area contributed by atoms with Crippen LogP contribution in [0, 0.1) is 0 Å². The molecule has 31 heavy (non-hydrogen) atoms. The Balaban J connectivity index is 1.32. The Hall–Kier alpha value is -3.43. The summed E-state index contributed by atoms with van der Waals surface area (Å²) in [5.74, 6) is 2.10. The molecule has 0 unspecified atom stereocenters. The van der Waals surface area contributed by atoms with Crippen molar-refractivity contribution in [3.05, 3.63) is 54.4 Å². The van der Waals surface area contributed by atoms with E-state index in [-0.39, 0.29) is 5.92 Å². The summed E-state index contributed by atoms with van der Waals surface area (Å²) < 4.78 is 40.4. The Labute approximate surface area is 176 Å². The van der Waals surface area contributed by atoms with Crippen LogP contribution >= 0.6 is 0 Å². The zero-order valence-electron chi connectivity index (χ0n) is 16.8. The van der Waals surface area contributed by atoms with E-state index in [1.165, 1.54) is 18.5 Å². The van der Waals surface area contributed by atoms with Crippen LogP contribution in [0.2, 0.25) is 0 Å². The average molecular weight is 427 g/mol. The number of imidazole rings is 1. The maximum atomic E-state index is 12.8. The molecule has 4 aromatic rings. The minimum Gasteiger partial charge on any atom is -0.356 e. The molecule has 0 amide bonds. The molecule has 1 aromatic carbocycles. The molecule has 1 N–H and O–H groups in total. The molecule has 0 bridgehead atoms. The number of halogens is 3. The zero-order chi connectivity index (χ0) is 21.6. The Morgan fingerprint density at radius 2 is 1.81 bits per heavy atom. The third-order valence-electron chi connectivity index (χ3n) is 5.81. The lowest BCUT2D eigenvalue weighted by molar-refractivity contribution is -0.137. The molecular formula is C21H20F3N7. The zero-order valence-corrected chi connectivity index (χ0v) is 16.8. The van der Waals surface area contributed by atoms with Gasteiger partial charge in [0.15, 0.2) is 5.65 Å². The highest BCUT2D eigenvalue weighted by Crippen LogP contribution is 2.34. The van der Waals surface area contributed by atoms with Gasteiger partial charge < -0.3 is 9.47 Å². The van der Waals surface area contributed by atoms with Crippen LogP contribution in [0.4, 0.5) is 19.0 Å². The second-order valence-corrected chi connectivity index (χ2v) is 7.76. The van der Waals surface area contributed by atoms with Gasteiger partial charge in [0.1, 0.15) is 18.0 Å². The lowest BCUT2D eigenvalue weighted by Crippen LogP contribution is -2.34. The number of aromatic nitrogens is 6. The average Bonchev–Trinajstić information content (AvgIpc) is 3.40. The first-order valence-corrected chi connectivity index (χ1v) is 10.00. The summed E-state index contributed by atoms with van der Waals surface area (Å²) in [5.41, 5.74) is 1.42. The molecule has 7 nitrogen and oxygen atoms in total. The number of nitrogens with zero attached hydrogens (tertiary/aromatic N) is 6. The molecule has 3 aromatic heterocycles. The molecule has 0 spiro atoms. The Bertz CT molecular complexity index is 1200. The maximum Gasteiger partial charge on any atom is 0.416 e. The van der Waals surface area contributed by atoms with Crippen molar-refractivity contribution >= 4 is 16.9 Å². The molecule has 160 valence electrons. The summed E-state index contributed by atoms with van der Waals surface area (Å²) in [5, 5.41) is 7.82. The fraction of sp³-hybridized carbons (Fsp3) is 0.333. The number of rotatable bonds is 3. The number of alkyl halides is 3. The summed E-state index contributed by atoms with van der Waals surface area (Å²) in [6, 6.07) is 5.15. The van der Waals surface area contributed by atoms with Crippen molar-refractivity contribution in [3.63, 3.8) is 0 Å². The highest BCUT2D eigenvalue weighted by atomic mass is 19.4. The lowest BCUT2D eigenvalue weighted by Gasteiger charge is -2.32. The fourth-order valence-corrected chi connectivity index (χ4v) is 4.18. The van der Waals surface area contributed by atoms with Gasteiger partial charge in [0.05, 0.1) is 22.8 Å². The van der Waals surface area contributed by atoms with Crippen LogP contribution in [0.5, 0.6) is 0 Å². The first-order valence-electron chi connectivity index (χ1n) is 10.00. The number of anilines is 1. The Morgan fingerprint density at radius 3 is 2.52 bits per heavy atom. The number of aryl methyl sites for hydroxylation is 1. The normalized spacial score (nSPS) is 15.7. The molecule has 1 fully saturated rings. The van der Waals surface area contributed by atoms with Crippen LogP contribution in [-0.4, -0.2) is 42.8 Å². The topological polar surface area (TPSA) is 75.5 Å². The van der Waals surface area contributed by atoms with Gasteiger partial charge in [0, 0.05) is 37.8 Å². The summed E-state index contributed by atoms with van der Waals surface area (Å²) in [6.45, 7) is 1.65. The van der Waals surface area contributed by atoms with Crippen LogP contribution < -0.4 is 4.90 Å². The molecule has 5 rings (SSSR count). The minimum absolute atomic E-state index is 0.270. The summed E-state index contributed by atoms with van der Waals surface area (Å²) in [4.78, 5) is 15.6. The van der Waals surface area contributed by atoms with Gasteiger partial charge in [0.25, 0.3) is 0 Å². The molecule has 0 atom stereocenters. The first-order chi connectivity index (χ1) is 14.9. The van der Waals surface area contributed by atoms with Gasteiger partial charge in [-0.3, -0.25) is 5.10 Å². The number of aromatic amines is 1. The van der Waals surface area contributed by atoms with Crippen molar-refractivity contribution in [3.8, 4) is 11.3 Å². The van der Waals surface area contributed by atoms with Gasteiger partial charge in [-0.15, -0.1) is 0 Å². The molecule has 4 heterocycles. The van der Waals surface area contributed by atoms with Gasteiger partial charge >= 0.3 is 6.18 Å². The number of hydrogen-bond acceptors (Lipinski definition) is 5. The molecule has 1 aliphatic rings. The summed E-state index contributed by atoms with van der Waals surface area (Å²) >= 11 is 0. The number of H-pyrrole nitrogens is 1. The Kier molecular flexibility index (Phi) is 4.64. The fourth-order valence-electron chi connectivity index (χ4n) is 4.18. The van der Waals surface area contributed by atoms with Crippen molar-refractivity contribution in [2.24, 2.45) is 7.05 Å². The SMILES string of the molecule is Cn1cc(-c2ccc(C(F)(F)F)cc2)nc1C1CCN(c2ncnc3[nH]ncc23)CC1. The molecular weight excluding hydrogens is 407 g/mol. The van der Waals surface area contributed by atoms with E-state index < -0.39 is 11.7 Å². The van der Waals surface area contributed by atoms with Crippen LogP contribution in [0.1, 0.15) is 30.1 Å². The molecule has 0 radical (unpaired) electrons. The second-order valence-electron chi connectivity index (χ2n) is 7.76. The number of hydrogen-bond donors (Lipinski definition) is 1. The van der Waals surface area contributed by atoms with Crippen molar-refractivity contribution in [2.45, 2.75) is 24.9 Å². The van der Waals surface area contributed by atoms with Crippen LogP contribution in [0.3, 0.4) is 0 Å². The largest absolute Gasteiger partial charge is 0.416 e. The summed E-state index contributed by atoms with van der Waals surface area (Å²) in [6.07, 6.45) is 2.63. The van der Waals surface area contributed by atoms with Crippen LogP contribution in [-0.2, 0) is 13.2 Å². The van der Waals surface area contributed by atoms with Crippen LogP contribution in [0.25, 0.3) is 22.3 Å².